The highest BCUT2D eigenvalue weighted by atomic mass is 31.2. The van der Waals surface area contributed by atoms with E-state index in [1.54, 1.807) is 0 Å². The Labute approximate surface area is 323 Å². The van der Waals surface area contributed by atoms with Crippen LogP contribution in [-0.2, 0) is 32.7 Å². The van der Waals surface area contributed by atoms with Crippen LogP contribution < -0.4 is 0 Å². The van der Waals surface area contributed by atoms with Crippen LogP contribution >= 0.6 is 7.82 Å². The van der Waals surface area contributed by atoms with Crippen LogP contribution in [0.15, 0.2) is 72.9 Å². The summed E-state index contributed by atoms with van der Waals surface area (Å²) in [6, 6.07) is 0. The second kappa shape index (κ2) is 37.8. The number of carbonyl (C=O) groups excluding carboxylic acids is 2. The van der Waals surface area contributed by atoms with E-state index in [1.165, 1.54) is 0 Å². The van der Waals surface area contributed by atoms with Gasteiger partial charge >= 0.3 is 19.8 Å². The first-order valence-electron chi connectivity index (χ1n) is 20.2. The zero-order valence-electron chi connectivity index (χ0n) is 33.7. The first-order valence-corrected chi connectivity index (χ1v) is 21.7. The third-order valence-electron chi connectivity index (χ3n) is 8.01. The average molecular weight is 764 g/mol. The van der Waals surface area contributed by atoms with Crippen molar-refractivity contribution in [2.75, 3.05) is 40.5 Å². The summed E-state index contributed by atoms with van der Waals surface area (Å²) in [7, 11) is -0.739. The van der Waals surface area contributed by atoms with Gasteiger partial charge in [0.1, 0.15) is 6.61 Å². The Morgan fingerprint density at radius 1 is 0.585 bits per heavy atom. The molecule has 0 aliphatic rings. The molecular formula is C43H74NO8P. The maximum atomic E-state index is 12.6. The van der Waals surface area contributed by atoms with Crippen LogP contribution in [0.5, 0.6) is 0 Å². The second-order valence-electron chi connectivity index (χ2n) is 13.4. The lowest BCUT2D eigenvalue weighted by Crippen LogP contribution is -2.29. The lowest BCUT2D eigenvalue weighted by Gasteiger charge is -2.20. The van der Waals surface area contributed by atoms with Crippen molar-refractivity contribution in [1.29, 1.82) is 0 Å². The topological polar surface area (TPSA) is 112 Å². The van der Waals surface area contributed by atoms with Crippen molar-refractivity contribution in [3.8, 4) is 0 Å². The maximum Gasteiger partial charge on any atom is 0.472 e. The molecule has 0 rings (SSSR count). The molecule has 0 saturated heterocycles. The monoisotopic (exact) mass is 764 g/mol. The second-order valence-corrected chi connectivity index (χ2v) is 14.8. The van der Waals surface area contributed by atoms with Gasteiger partial charge in [-0.1, -0.05) is 125 Å². The van der Waals surface area contributed by atoms with E-state index < -0.39 is 32.5 Å². The summed E-state index contributed by atoms with van der Waals surface area (Å²) >= 11 is 0. The van der Waals surface area contributed by atoms with Crippen LogP contribution in [0.2, 0.25) is 0 Å². The number of carbonyl (C=O) groups is 2. The van der Waals surface area contributed by atoms with Crippen LogP contribution in [0.3, 0.4) is 0 Å². The molecule has 1 N–H and O–H groups in total. The number of rotatable bonds is 36. The maximum absolute atomic E-state index is 12.6. The van der Waals surface area contributed by atoms with E-state index >= 15 is 0 Å². The van der Waals surface area contributed by atoms with Crippen molar-refractivity contribution in [3.05, 3.63) is 72.9 Å². The van der Waals surface area contributed by atoms with Gasteiger partial charge in [-0.2, -0.15) is 0 Å². The van der Waals surface area contributed by atoms with E-state index in [1.807, 2.05) is 19.0 Å². The lowest BCUT2D eigenvalue weighted by atomic mass is 10.1. The van der Waals surface area contributed by atoms with Crippen LogP contribution in [0.1, 0.15) is 142 Å². The zero-order valence-corrected chi connectivity index (χ0v) is 34.6. The number of hydrogen-bond acceptors (Lipinski definition) is 8. The van der Waals surface area contributed by atoms with Crippen molar-refractivity contribution in [2.45, 2.75) is 148 Å². The van der Waals surface area contributed by atoms with E-state index in [-0.39, 0.29) is 26.1 Å². The van der Waals surface area contributed by atoms with Gasteiger partial charge in [-0.05, 0) is 91.1 Å². The standard InChI is InChI=1S/C43H74NO8P/c1-5-7-9-11-13-15-17-19-21-23-25-27-29-31-33-35-42(45)49-39-41(40-51-53(47,48)50-38-37-44(3)4)52-43(46)36-34-32-30-28-26-24-22-20-18-16-14-12-10-8-6-2/h7-10,13-16,19-22,41H,5-6,11-12,17-18,23-40H2,1-4H3,(H,47,48)/b9-7-,10-8-,15-13-,16-14-,21-19-,22-20-. The summed E-state index contributed by atoms with van der Waals surface area (Å²) < 4.78 is 33.4. The smallest absolute Gasteiger partial charge is 0.462 e. The molecule has 304 valence electrons. The fourth-order valence-corrected chi connectivity index (χ4v) is 5.69. The molecule has 0 fully saturated rings. The van der Waals surface area contributed by atoms with E-state index in [2.05, 4.69) is 86.8 Å². The van der Waals surface area contributed by atoms with Gasteiger partial charge in [0.05, 0.1) is 13.2 Å². The number of likely N-dealkylation sites (N-methyl/N-ethyl adjacent to an activating group) is 1. The molecule has 0 aliphatic heterocycles. The number of ether oxygens (including phenoxy) is 2. The van der Waals surface area contributed by atoms with Crippen molar-refractivity contribution in [2.24, 2.45) is 0 Å². The number of phosphoric ester groups is 1. The van der Waals surface area contributed by atoms with Crippen LogP contribution in [0.4, 0.5) is 0 Å². The van der Waals surface area contributed by atoms with Crippen LogP contribution in [-0.4, -0.2) is 68.3 Å². The molecule has 0 aliphatic carbocycles. The molecular weight excluding hydrogens is 689 g/mol. The quantitative estimate of drug-likeness (QED) is 0.0288. The Hall–Kier alpha value is -2.55. The molecule has 0 saturated carbocycles. The normalized spacial score (nSPS) is 14.2. The van der Waals surface area contributed by atoms with Gasteiger partial charge in [-0.3, -0.25) is 18.6 Å². The Balaban J connectivity index is 4.40. The summed E-state index contributed by atoms with van der Waals surface area (Å²) in [5, 5.41) is 0. The Morgan fingerprint density at radius 3 is 1.51 bits per heavy atom. The Morgan fingerprint density at radius 2 is 1.02 bits per heavy atom. The highest BCUT2D eigenvalue weighted by Gasteiger charge is 2.26. The van der Waals surface area contributed by atoms with E-state index in [0.717, 1.165) is 103 Å². The third-order valence-corrected chi connectivity index (χ3v) is 8.99. The minimum absolute atomic E-state index is 0.00320. The summed E-state index contributed by atoms with van der Waals surface area (Å²) in [6.07, 6.45) is 43.7. The van der Waals surface area contributed by atoms with Gasteiger partial charge in [-0.15, -0.1) is 0 Å². The largest absolute Gasteiger partial charge is 0.472 e. The van der Waals surface area contributed by atoms with Gasteiger partial charge in [0.25, 0.3) is 0 Å². The summed E-state index contributed by atoms with van der Waals surface area (Å²) in [4.78, 5) is 36.9. The van der Waals surface area contributed by atoms with E-state index in [4.69, 9.17) is 18.5 Å². The predicted octanol–water partition coefficient (Wildman–Crippen LogP) is 11.3. The highest BCUT2D eigenvalue weighted by molar-refractivity contribution is 7.47. The number of phosphoric acid groups is 1. The van der Waals surface area contributed by atoms with Gasteiger partial charge in [0, 0.05) is 19.4 Å². The highest BCUT2D eigenvalue weighted by Crippen LogP contribution is 2.43. The van der Waals surface area contributed by atoms with Crippen molar-refractivity contribution in [1.82, 2.24) is 4.90 Å². The molecule has 0 aromatic rings. The number of unbranched alkanes of at least 4 members (excludes halogenated alkanes) is 10. The first kappa shape index (κ1) is 50.5. The zero-order chi connectivity index (χ0) is 39.1. The van der Waals surface area contributed by atoms with Gasteiger partial charge in [0.2, 0.25) is 0 Å². The molecule has 0 bridgehead atoms. The molecule has 0 radical (unpaired) electrons. The van der Waals surface area contributed by atoms with Crippen molar-refractivity contribution >= 4 is 19.8 Å². The number of nitrogens with zero attached hydrogens (tertiary/aromatic N) is 1. The lowest BCUT2D eigenvalue weighted by molar-refractivity contribution is -0.161. The van der Waals surface area contributed by atoms with E-state index in [9.17, 15) is 19.0 Å². The fraction of sp³-hybridized carbons (Fsp3) is 0.674. The molecule has 0 aromatic carbocycles. The van der Waals surface area contributed by atoms with Gasteiger partial charge < -0.3 is 19.3 Å². The SMILES string of the molecule is CC/C=C\C/C=C\C/C=C\CCCCCCCC(=O)OCC(COP(=O)(O)OCCN(C)C)OC(=O)CCCCCCC/C=C\C/C=C\C/C=C\CC. The molecule has 0 aromatic heterocycles. The third kappa shape index (κ3) is 39.0. The summed E-state index contributed by atoms with van der Waals surface area (Å²) in [6.45, 7) is 4.03. The minimum atomic E-state index is -4.37. The van der Waals surface area contributed by atoms with Crippen LogP contribution in [0.25, 0.3) is 0 Å². The van der Waals surface area contributed by atoms with Gasteiger partial charge in [0.15, 0.2) is 6.10 Å². The summed E-state index contributed by atoms with van der Waals surface area (Å²) in [5.41, 5.74) is 0. The molecule has 2 unspecified atom stereocenters. The number of allylic oxidation sites excluding steroid dienone is 12. The molecule has 0 heterocycles. The molecule has 0 spiro atoms. The predicted molar refractivity (Wildman–Crippen MR) is 220 cm³/mol. The minimum Gasteiger partial charge on any atom is -0.462 e. The number of hydrogen-bond donors (Lipinski definition) is 1. The molecule has 53 heavy (non-hydrogen) atoms. The van der Waals surface area contributed by atoms with Crippen LogP contribution in [0, 0.1) is 0 Å². The number of esters is 2. The fourth-order valence-electron chi connectivity index (χ4n) is 4.95. The Bertz CT molecular complexity index is 1110. The molecule has 0 amide bonds. The van der Waals surface area contributed by atoms with Crippen molar-refractivity contribution < 1.29 is 37.6 Å². The first-order chi connectivity index (χ1) is 25.7. The molecule has 9 nitrogen and oxygen atoms in total. The van der Waals surface area contributed by atoms with Crippen molar-refractivity contribution in [3.63, 3.8) is 0 Å². The molecule has 2 atom stereocenters. The van der Waals surface area contributed by atoms with Gasteiger partial charge in [-0.25, -0.2) is 4.57 Å². The average Bonchev–Trinajstić information content (AvgIpc) is 3.12. The Kier molecular flexibility index (Phi) is 35.9. The molecule has 10 heteroatoms. The summed E-state index contributed by atoms with van der Waals surface area (Å²) in [5.74, 6) is -0.851. The van der Waals surface area contributed by atoms with E-state index in [0.29, 0.717) is 19.4 Å².